The summed E-state index contributed by atoms with van der Waals surface area (Å²) < 4.78 is 2.25. The van der Waals surface area contributed by atoms with Crippen molar-refractivity contribution in [2.75, 3.05) is 5.73 Å². The Bertz CT molecular complexity index is 591. The summed E-state index contributed by atoms with van der Waals surface area (Å²) in [5.74, 6) is 1.12. The number of nitrogen functional groups attached to an aromatic ring is 1. The van der Waals surface area contributed by atoms with E-state index in [-0.39, 0.29) is 0 Å². The Morgan fingerprint density at radius 3 is 3.00 bits per heavy atom. The number of para-hydroxylation sites is 1. The van der Waals surface area contributed by atoms with Crippen LogP contribution < -0.4 is 5.73 Å². The highest BCUT2D eigenvalue weighted by Crippen LogP contribution is 2.33. The van der Waals surface area contributed by atoms with E-state index < -0.39 is 0 Å². The van der Waals surface area contributed by atoms with Gasteiger partial charge in [-0.05, 0) is 43.2 Å². The SMILES string of the molecule is Cc1cccc(Sc2nnc3n2CCCCC3)c1N. The molecule has 0 aliphatic carbocycles. The highest BCUT2D eigenvalue weighted by atomic mass is 32.2. The molecule has 2 N–H and O–H groups in total. The van der Waals surface area contributed by atoms with Crippen LogP contribution in [0.4, 0.5) is 5.69 Å². The Kier molecular flexibility index (Phi) is 3.46. The van der Waals surface area contributed by atoms with Crippen molar-refractivity contribution in [1.29, 1.82) is 0 Å². The van der Waals surface area contributed by atoms with Gasteiger partial charge in [0.2, 0.25) is 0 Å². The van der Waals surface area contributed by atoms with Crippen molar-refractivity contribution >= 4 is 17.4 Å². The number of anilines is 1. The van der Waals surface area contributed by atoms with E-state index in [0.717, 1.165) is 40.1 Å². The fourth-order valence-electron chi connectivity index (χ4n) is 2.37. The van der Waals surface area contributed by atoms with Crippen LogP contribution in [0.25, 0.3) is 0 Å². The zero-order valence-corrected chi connectivity index (χ0v) is 11.9. The average Bonchev–Trinajstić information content (AvgIpc) is 2.63. The van der Waals surface area contributed by atoms with Gasteiger partial charge in [0.1, 0.15) is 5.82 Å². The number of hydrogen-bond donors (Lipinski definition) is 1. The Morgan fingerprint density at radius 1 is 1.21 bits per heavy atom. The zero-order chi connectivity index (χ0) is 13.2. The second-order valence-corrected chi connectivity index (χ2v) is 5.96. The molecule has 0 spiro atoms. The molecule has 3 rings (SSSR count). The van der Waals surface area contributed by atoms with Crippen LogP contribution in [-0.4, -0.2) is 14.8 Å². The number of nitrogens with two attached hydrogens (primary N) is 1. The second kappa shape index (κ2) is 5.25. The number of fused-ring (bicyclic) bond motifs is 1. The average molecular weight is 274 g/mol. The molecule has 1 aliphatic rings. The number of rotatable bonds is 2. The molecule has 0 unspecified atom stereocenters. The lowest BCUT2D eigenvalue weighted by atomic mass is 10.2. The van der Waals surface area contributed by atoms with Gasteiger partial charge in [0.15, 0.2) is 5.16 Å². The van der Waals surface area contributed by atoms with Crippen molar-refractivity contribution in [3.8, 4) is 0 Å². The van der Waals surface area contributed by atoms with Gasteiger partial charge in [0.05, 0.1) is 0 Å². The third-order valence-corrected chi connectivity index (χ3v) is 4.62. The lowest BCUT2D eigenvalue weighted by Crippen LogP contribution is -2.02. The summed E-state index contributed by atoms with van der Waals surface area (Å²) in [7, 11) is 0. The largest absolute Gasteiger partial charge is 0.398 e. The van der Waals surface area contributed by atoms with Crippen molar-refractivity contribution in [2.24, 2.45) is 0 Å². The Hall–Kier alpha value is -1.49. The molecule has 0 saturated carbocycles. The van der Waals surface area contributed by atoms with Gasteiger partial charge < -0.3 is 10.3 Å². The number of aryl methyl sites for hydroxylation is 2. The summed E-state index contributed by atoms with van der Waals surface area (Å²) in [6.07, 6.45) is 4.74. The molecule has 0 amide bonds. The normalized spacial score (nSPS) is 15.0. The van der Waals surface area contributed by atoms with E-state index in [2.05, 4.69) is 14.8 Å². The van der Waals surface area contributed by atoms with Gasteiger partial charge in [-0.25, -0.2) is 0 Å². The van der Waals surface area contributed by atoms with E-state index in [1.807, 2.05) is 25.1 Å². The van der Waals surface area contributed by atoms with Crippen LogP contribution in [-0.2, 0) is 13.0 Å². The van der Waals surface area contributed by atoms with Crippen molar-refractivity contribution < 1.29 is 0 Å². The van der Waals surface area contributed by atoms with Crippen LogP contribution in [0.15, 0.2) is 28.3 Å². The highest BCUT2D eigenvalue weighted by Gasteiger charge is 2.16. The minimum atomic E-state index is 0.846. The summed E-state index contributed by atoms with van der Waals surface area (Å²) >= 11 is 1.62. The standard InChI is InChI=1S/C14H18N4S/c1-10-6-5-7-11(13(10)15)19-14-17-16-12-8-3-2-4-9-18(12)14/h5-7H,2-4,8-9,15H2,1H3. The fourth-order valence-corrected chi connectivity index (χ4v) is 3.38. The molecule has 2 heterocycles. The lowest BCUT2D eigenvalue weighted by molar-refractivity contribution is 0.591. The summed E-state index contributed by atoms with van der Waals surface area (Å²) in [6.45, 7) is 3.06. The molecule has 0 saturated heterocycles. The predicted octanol–water partition coefficient (Wildman–Crippen LogP) is 3.05. The summed E-state index contributed by atoms with van der Waals surface area (Å²) in [5, 5.41) is 9.61. The van der Waals surface area contributed by atoms with Crippen molar-refractivity contribution in [1.82, 2.24) is 14.8 Å². The predicted molar refractivity (Wildman–Crippen MR) is 77.3 cm³/mol. The number of nitrogens with zero attached hydrogens (tertiary/aromatic N) is 3. The van der Waals surface area contributed by atoms with Crippen LogP contribution >= 0.6 is 11.8 Å². The summed E-state index contributed by atoms with van der Waals surface area (Å²) in [5.41, 5.74) is 8.09. The minimum Gasteiger partial charge on any atom is -0.398 e. The molecule has 4 nitrogen and oxygen atoms in total. The van der Waals surface area contributed by atoms with Gasteiger partial charge in [0.25, 0.3) is 0 Å². The van der Waals surface area contributed by atoms with Gasteiger partial charge in [-0.3, -0.25) is 0 Å². The third-order valence-electron chi connectivity index (χ3n) is 3.56. The topological polar surface area (TPSA) is 56.7 Å². The van der Waals surface area contributed by atoms with Gasteiger partial charge in [-0.15, -0.1) is 10.2 Å². The van der Waals surface area contributed by atoms with Crippen LogP contribution in [0.2, 0.25) is 0 Å². The second-order valence-electron chi connectivity index (χ2n) is 4.95. The van der Waals surface area contributed by atoms with Crippen molar-refractivity contribution in [3.05, 3.63) is 29.6 Å². The maximum absolute atomic E-state index is 6.13. The first-order chi connectivity index (χ1) is 9.25. The van der Waals surface area contributed by atoms with E-state index in [4.69, 9.17) is 5.73 Å². The molecule has 1 aromatic heterocycles. The quantitative estimate of drug-likeness (QED) is 0.855. The van der Waals surface area contributed by atoms with Crippen molar-refractivity contribution in [3.63, 3.8) is 0 Å². The fraction of sp³-hybridized carbons (Fsp3) is 0.429. The molecular weight excluding hydrogens is 256 g/mol. The molecule has 0 fully saturated rings. The molecule has 0 bridgehead atoms. The van der Waals surface area contributed by atoms with E-state index in [1.54, 1.807) is 11.8 Å². The molecule has 1 aromatic carbocycles. The monoisotopic (exact) mass is 274 g/mol. The first-order valence-electron chi connectivity index (χ1n) is 6.71. The Balaban J connectivity index is 1.91. The number of hydrogen-bond acceptors (Lipinski definition) is 4. The molecule has 5 heteroatoms. The highest BCUT2D eigenvalue weighted by molar-refractivity contribution is 7.99. The van der Waals surface area contributed by atoms with E-state index >= 15 is 0 Å². The minimum absolute atomic E-state index is 0.846. The molecular formula is C14H18N4S. The van der Waals surface area contributed by atoms with Crippen molar-refractivity contribution in [2.45, 2.75) is 49.2 Å². The summed E-state index contributed by atoms with van der Waals surface area (Å²) in [6, 6.07) is 6.11. The molecule has 19 heavy (non-hydrogen) atoms. The maximum atomic E-state index is 6.13. The number of benzene rings is 1. The first kappa shape index (κ1) is 12.5. The number of aromatic nitrogens is 3. The van der Waals surface area contributed by atoms with Gasteiger partial charge in [-0.1, -0.05) is 18.6 Å². The maximum Gasteiger partial charge on any atom is 0.196 e. The molecule has 1 aliphatic heterocycles. The van der Waals surface area contributed by atoms with Gasteiger partial charge >= 0.3 is 0 Å². The lowest BCUT2D eigenvalue weighted by Gasteiger charge is -2.09. The Morgan fingerprint density at radius 2 is 2.11 bits per heavy atom. The van der Waals surface area contributed by atoms with E-state index in [1.165, 1.54) is 19.3 Å². The van der Waals surface area contributed by atoms with Crippen LogP contribution in [0.3, 0.4) is 0 Å². The van der Waals surface area contributed by atoms with Crippen LogP contribution in [0.5, 0.6) is 0 Å². The smallest absolute Gasteiger partial charge is 0.196 e. The zero-order valence-electron chi connectivity index (χ0n) is 11.1. The molecule has 0 atom stereocenters. The van der Waals surface area contributed by atoms with E-state index in [9.17, 15) is 0 Å². The Labute approximate surface area is 117 Å². The van der Waals surface area contributed by atoms with Gasteiger partial charge in [0, 0.05) is 23.5 Å². The van der Waals surface area contributed by atoms with Crippen LogP contribution in [0, 0.1) is 6.92 Å². The summed E-state index contributed by atoms with van der Waals surface area (Å²) in [4.78, 5) is 1.07. The molecule has 0 radical (unpaired) electrons. The van der Waals surface area contributed by atoms with Gasteiger partial charge in [-0.2, -0.15) is 0 Å². The van der Waals surface area contributed by atoms with Crippen LogP contribution in [0.1, 0.15) is 30.7 Å². The first-order valence-corrected chi connectivity index (χ1v) is 7.52. The molecule has 2 aromatic rings. The molecule has 100 valence electrons. The van der Waals surface area contributed by atoms with E-state index in [0.29, 0.717) is 0 Å². The third kappa shape index (κ3) is 2.47.